The summed E-state index contributed by atoms with van der Waals surface area (Å²) in [4.78, 5) is 11.7. The summed E-state index contributed by atoms with van der Waals surface area (Å²) in [7, 11) is 1.45. The molecule has 0 fully saturated rings. The first-order valence-corrected chi connectivity index (χ1v) is 6.25. The van der Waals surface area contributed by atoms with Crippen molar-refractivity contribution in [2.24, 2.45) is 0 Å². The van der Waals surface area contributed by atoms with Crippen molar-refractivity contribution in [1.29, 1.82) is 0 Å². The van der Waals surface area contributed by atoms with Gasteiger partial charge in [-0.3, -0.25) is 0 Å². The lowest BCUT2D eigenvalue weighted by Crippen LogP contribution is -2.28. The summed E-state index contributed by atoms with van der Waals surface area (Å²) >= 11 is 0. The predicted molar refractivity (Wildman–Crippen MR) is 76.9 cm³/mol. The lowest BCUT2D eigenvalue weighted by atomic mass is 10.2. The highest BCUT2D eigenvalue weighted by Gasteiger charge is 2.05. The molecule has 6 heteroatoms. The van der Waals surface area contributed by atoms with Gasteiger partial charge in [0.25, 0.3) is 0 Å². The molecule has 0 aliphatic heterocycles. The summed E-state index contributed by atoms with van der Waals surface area (Å²) in [6, 6.07) is 9.86. The zero-order valence-corrected chi connectivity index (χ0v) is 11.4. The van der Waals surface area contributed by atoms with Crippen molar-refractivity contribution >= 4 is 11.7 Å². The highest BCUT2D eigenvalue weighted by Crippen LogP contribution is 2.26. The largest absolute Gasteiger partial charge is 0.504 e. The quantitative estimate of drug-likeness (QED) is 0.811. The van der Waals surface area contributed by atoms with E-state index in [0.29, 0.717) is 11.4 Å². The summed E-state index contributed by atoms with van der Waals surface area (Å²) < 4.78 is 17.7. The van der Waals surface area contributed by atoms with Gasteiger partial charge in [-0.15, -0.1) is 0 Å². The van der Waals surface area contributed by atoms with Crippen LogP contribution in [0.3, 0.4) is 0 Å². The maximum Gasteiger partial charge on any atom is 0.319 e. The fraction of sp³-hybridized carbons (Fsp3) is 0.133. The van der Waals surface area contributed by atoms with E-state index in [4.69, 9.17) is 4.74 Å². The molecule has 3 N–H and O–H groups in total. The van der Waals surface area contributed by atoms with E-state index in [1.165, 1.54) is 37.4 Å². The van der Waals surface area contributed by atoms with E-state index in [2.05, 4.69) is 10.6 Å². The zero-order chi connectivity index (χ0) is 15.2. The highest BCUT2D eigenvalue weighted by molar-refractivity contribution is 5.89. The Bertz CT molecular complexity index is 629. The fourth-order valence-electron chi connectivity index (χ4n) is 1.72. The standard InChI is InChI=1S/C15H15FN2O3/c1-21-14-8-10(2-7-13(14)19)9-17-15(20)18-12-5-3-11(16)4-6-12/h2-8,19H,9H2,1H3,(H2,17,18,20). The Morgan fingerprint density at radius 3 is 2.62 bits per heavy atom. The average Bonchev–Trinajstić information content (AvgIpc) is 2.49. The van der Waals surface area contributed by atoms with Crippen molar-refractivity contribution in [3.05, 3.63) is 53.8 Å². The molecule has 2 aromatic carbocycles. The number of benzene rings is 2. The summed E-state index contributed by atoms with van der Waals surface area (Å²) in [5.41, 5.74) is 1.27. The van der Waals surface area contributed by atoms with Crippen molar-refractivity contribution in [3.63, 3.8) is 0 Å². The smallest absolute Gasteiger partial charge is 0.319 e. The molecule has 0 aliphatic rings. The number of hydrogen-bond donors (Lipinski definition) is 3. The van der Waals surface area contributed by atoms with Crippen molar-refractivity contribution in [2.75, 3.05) is 12.4 Å². The van der Waals surface area contributed by atoms with Gasteiger partial charge in [-0.25, -0.2) is 9.18 Å². The van der Waals surface area contributed by atoms with Gasteiger partial charge in [-0.05, 0) is 42.0 Å². The van der Waals surface area contributed by atoms with Crippen LogP contribution in [0.1, 0.15) is 5.56 Å². The van der Waals surface area contributed by atoms with Crippen LogP contribution in [0.15, 0.2) is 42.5 Å². The van der Waals surface area contributed by atoms with Gasteiger partial charge in [-0.2, -0.15) is 0 Å². The Morgan fingerprint density at radius 2 is 1.95 bits per heavy atom. The number of rotatable bonds is 4. The van der Waals surface area contributed by atoms with Crippen LogP contribution in [0, 0.1) is 5.82 Å². The molecular weight excluding hydrogens is 275 g/mol. The monoisotopic (exact) mass is 290 g/mol. The van der Waals surface area contributed by atoms with E-state index >= 15 is 0 Å². The Labute approximate surface area is 121 Å². The number of phenolic OH excluding ortho intramolecular Hbond substituents is 1. The minimum absolute atomic E-state index is 0.0389. The van der Waals surface area contributed by atoms with Crippen LogP contribution in [-0.2, 0) is 6.54 Å². The third-order valence-corrected chi connectivity index (χ3v) is 2.80. The second-order valence-electron chi connectivity index (χ2n) is 4.32. The molecule has 0 unspecified atom stereocenters. The number of anilines is 1. The molecule has 2 amide bonds. The molecule has 0 radical (unpaired) electrons. The molecule has 2 aromatic rings. The Balaban J connectivity index is 1.90. The predicted octanol–water partition coefficient (Wildman–Crippen LogP) is 2.86. The van der Waals surface area contributed by atoms with Gasteiger partial charge in [0.2, 0.25) is 0 Å². The number of ether oxygens (including phenoxy) is 1. The second kappa shape index (κ2) is 6.60. The molecule has 0 saturated heterocycles. The summed E-state index contributed by atoms with van der Waals surface area (Å²) in [5, 5.41) is 14.7. The normalized spacial score (nSPS) is 10.0. The van der Waals surface area contributed by atoms with Crippen LogP contribution in [0.5, 0.6) is 11.5 Å². The molecule has 110 valence electrons. The number of urea groups is 1. The van der Waals surface area contributed by atoms with Gasteiger partial charge in [0.15, 0.2) is 11.5 Å². The Morgan fingerprint density at radius 1 is 1.24 bits per heavy atom. The van der Waals surface area contributed by atoms with Crippen molar-refractivity contribution in [3.8, 4) is 11.5 Å². The molecule has 0 atom stereocenters. The first kappa shape index (κ1) is 14.6. The fourth-order valence-corrected chi connectivity index (χ4v) is 1.72. The van der Waals surface area contributed by atoms with Crippen LogP contribution >= 0.6 is 0 Å². The number of hydrogen-bond acceptors (Lipinski definition) is 3. The number of nitrogens with one attached hydrogen (secondary N) is 2. The van der Waals surface area contributed by atoms with Gasteiger partial charge < -0.3 is 20.5 Å². The van der Waals surface area contributed by atoms with Crippen LogP contribution in [-0.4, -0.2) is 18.2 Å². The molecule has 0 aromatic heterocycles. The molecule has 2 rings (SSSR count). The molecule has 0 saturated carbocycles. The third-order valence-electron chi connectivity index (χ3n) is 2.80. The maximum absolute atomic E-state index is 12.7. The topological polar surface area (TPSA) is 70.6 Å². The lowest BCUT2D eigenvalue weighted by Gasteiger charge is -2.09. The number of phenols is 1. The van der Waals surface area contributed by atoms with Gasteiger partial charge in [0.1, 0.15) is 5.82 Å². The molecule has 0 bridgehead atoms. The van der Waals surface area contributed by atoms with E-state index in [1.54, 1.807) is 12.1 Å². The lowest BCUT2D eigenvalue weighted by molar-refractivity contribution is 0.251. The highest BCUT2D eigenvalue weighted by atomic mass is 19.1. The van der Waals surface area contributed by atoms with Gasteiger partial charge >= 0.3 is 6.03 Å². The van der Waals surface area contributed by atoms with E-state index in [1.807, 2.05) is 0 Å². The molecule has 21 heavy (non-hydrogen) atoms. The molecular formula is C15H15FN2O3. The molecule has 0 aliphatic carbocycles. The second-order valence-corrected chi connectivity index (χ2v) is 4.32. The van der Waals surface area contributed by atoms with E-state index in [-0.39, 0.29) is 18.1 Å². The summed E-state index contributed by atoms with van der Waals surface area (Å²) in [6.07, 6.45) is 0. The van der Waals surface area contributed by atoms with Gasteiger partial charge in [0, 0.05) is 12.2 Å². The Kier molecular flexibility index (Phi) is 4.61. The number of methoxy groups -OCH3 is 1. The maximum atomic E-state index is 12.7. The third kappa shape index (κ3) is 4.10. The molecule has 0 heterocycles. The zero-order valence-electron chi connectivity index (χ0n) is 11.4. The number of carbonyl (C=O) groups excluding carboxylic acids is 1. The van der Waals surface area contributed by atoms with E-state index < -0.39 is 6.03 Å². The van der Waals surface area contributed by atoms with Crippen LogP contribution in [0.2, 0.25) is 0 Å². The first-order valence-electron chi connectivity index (χ1n) is 6.25. The van der Waals surface area contributed by atoms with Crippen LogP contribution in [0.25, 0.3) is 0 Å². The number of carbonyl (C=O) groups is 1. The average molecular weight is 290 g/mol. The molecule has 5 nitrogen and oxygen atoms in total. The van der Waals surface area contributed by atoms with E-state index in [9.17, 15) is 14.3 Å². The van der Waals surface area contributed by atoms with Crippen molar-refractivity contribution in [1.82, 2.24) is 5.32 Å². The van der Waals surface area contributed by atoms with Gasteiger partial charge in [0.05, 0.1) is 7.11 Å². The Hall–Kier alpha value is -2.76. The van der Waals surface area contributed by atoms with E-state index in [0.717, 1.165) is 5.56 Å². The first-order chi connectivity index (χ1) is 10.1. The van der Waals surface area contributed by atoms with Crippen molar-refractivity contribution < 1.29 is 19.0 Å². The summed E-state index contributed by atoms with van der Waals surface area (Å²) in [6.45, 7) is 0.268. The van der Waals surface area contributed by atoms with Crippen LogP contribution < -0.4 is 15.4 Å². The SMILES string of the molecule is COc1cc(CNC(=O)Nc2ccc(F)cc2)ccc1O. The van der Waals surface area contributed by atoms with Gasteiger partial charge in [-0.1, -0.05) is 6.07 Å². The minimum Gasteiger partial charge on any atom is -0.504 e. The number of amides is 2. The van der Waals surface area contributed by atoms with Crippen molar-refractivity contribution in [2.45, 2.75) is 6.54 Å². The summed E-state index contributed by atoms with van der Waals surface area (Å²) in [5.74, 6) is 0.0161. The minimum atomic E-state index is -0.409. The molecule has 0 spiro atoms. The van der Waals surface area contributed by atoms with Crippen LogP contribution in [0.4, 0.5) is 14.9 Å². The number of aromatic hydroxyl groups is 1. The number of halogens is 1.